The summed E-state index contributed by atoms with van der Waals surface area (Å²) in [4.78, 5) is 26.9. The highest BCUT2D eigenvalue weighted by atomic mass is 32.2. The standard InChI is InChI=1S/C15H14N2O2S/c18-14-11-3-1-2-10-4-5-16(13(10)11)8-12(14)15(19)17-6-7-20-9-17/h1-3,8H,4-7,9H2. The first-order valence-corrected chi connectivity index (χ1v) is 7.93. The van der Waals surface area contributed by atoms with E-state index in [4.69, 9.17) is 0 Å². The Morgan fingerprint density at radius 3 is 2.95 bits per heavy atom. The van der Waals surface area contributed by atoms with Crippen LogP contribution in [0, 0.1) is 0 Å². The fourth-order valence-electron chi connectivity index (χ4n) is 3.05. The normalized spacial score (nSPS) is 17.1. The Bertz CT molecular complexity index is 775. The second kappa shape index (κ2) is 4.38. The van der Waals surface area contributed by atoms with Gasteiger partial charge in [0, 0.05) is 30.4 Å². The van der Waals surface area contributed by atoms with Gasteiger partial charge in [-0.2, -0.15) is 0 Å². The maximum Gasteiger partial charge on any atom is 0.260 e. The van der Waals surface area contributed by atoms with Crippen molar-refractivity contribution in [3.05, 3.63) is 45.7 Å². The van der Waals surface area contributed by atoms with E-state index in [1.54, 1.807) is 22.9 Å². The summed E-state index contributed by atoms with van der Waals surface area (Å²) in [7, 11) is 0. The summed E-state index contributed by atoms with van der Waals surface area (Å²) >= 11 is 1.73. The second-order valence-corrected chi connectivity index (χ2v) is 6.31. The predicted octanol–water partition coefficient (Wildman–Crippen LogP) is 1.70. The van der Waals surface area contributed by atoms with E-state index >= 15 is 0 Å². The molecule has 1 amide bonds. The summed E-state index contributed by atoms with van der Waals surface area (Å²) in [5.74, 6) is 1.52. The van der Waals surface area contributed by atoms with E-state index in [1.165, 1.54) is 5.56 Å². The maximum absolute atomic E-state index is 12.6. The number of rotatable bonds is 1. The molecule has 1 fully saturated rings. The Labute approximate surface area is 120 Å². The molecule has 0 atom stereocenters. The molecule has 0 unspecified atom stereocenters. The number of aryl methyl sites for hydroxylation is 2. The van der Waals surface area contributed by atoms with E-state index in [2.05, 4.69) is 10.6 Å². The first kappa shape index (κ1) is 12.0. The Hall–Kier alpha value is -1.75. The van der Waals surface area contributed by atoms with Crippen molar-refractivity contribution in [1.29, 1.82) is 0 Å². The van der Waals surface area contributed by atoms with Crippen LogP contribution in [0.4, 0.5) is 0 Å². The fraction of sp³-hybridized carbons (Fsp3) is 0.333. The number of aromatic nitrogens is 1. The van der Waals surface area contributed by atoms with Gasteiger partial charge in [-0.25, -0.2) is 0 Å². The average Bonchev–Trinajstić information content (AvgIpc) is 3.12. The predicted molar refractivity (Wildman–Crippen MR) is 80.3 cm³/mol. The summed E-state index contributed by atoms with van der Waals surface area (Å²) in [6.45, 7) is 1.59. The van der Waals surface area contributed by atoms with Crippen molar-refractivity contribution in [3.63, 3.8) is 0 Å². The largest absolute Gasteiger partial charge is 0.346 e. The third kappa shape index (κ3) is 1.62. The van der Waals surface area contributed by atoms with Gasteiger partial charge in [0.15, 0.2) is 0 Å². The van der Waals surface area contributed by atoms with Crippen LogP contribution in [0.2, 0.25) is 0 Å². The highest BCUT2D eigenvalue weighted by Gasteiger charge is 2.25. The monoisotopic (exact) mass is 286 g/mol. The maximum atomic E-state index is 12.6. The lowest BCUT2D eigenvalue weighted by molar-refractivity contribution is 0.0801. The minimum absolute atomic E-state index is 0.122. The third-order valence-electron chi connectivity index (χ3n) is 4.07. The Kier molecular flexibility index (Phi) is 2.63. The molecule has 5 heteroatoms. The molecule has 1 saturated heterocycles. The van der Waals surface area contributed by atoms with Gasteiger partial charge in [0.2, 0.25) is 5.43 Å². The van der Waals surface area contributed by atoms with Gasteiger partial charge in [-0.15, -0.1) is 11.8 Å². The number of hydrogen-bond donors (Lipinski definition) is 0. The van der Waals surface area contributed by atoms with E-state index in [1.807, 2.05) is 12.1 Å². The van der Waals surface area contributed by atoms with Crippen LogP contribution in [-0.4, -0.2) is 33.5 Å². The van der Waals surface area contributed by atoms with Crippen LogP contribution in [0.15, 0.2) is 29.2 Å². The van der Waals surface area contributed by atoms with Crippen molar-refractivity contribution in [1.82, 2.24) is 9.47 Å². The van der Waals surface area contributed by atoms with Crippen LogP contribution in [0.25, 0.3) is 10.9 Å². The number of benzene rings is 1. The fourth-order valence-corrected chi connectivity index (χ4v) is 4.00. The van der Waals surface area contributed by atoms with Crippen molar-refractivity contribution in [2.45, 2.75) is 13.0 Å². The van der Waals surface area contributed by atoms with Crippen LogP contribution in [-0.2, 0) is 13.0 Å². The van der Waals surface area contributed by atoms with E-state index in [0.29, 0.717) is 16.8 Å². The number of thioether (sulfide) groups is 1. The average molecular weight is 286 g/mol. The molecule has 4 rings (SSSR count). The lowest BCUT2D eigenvalue weighted by atomic mass is 10.1. The topological polar surface area (TPSA) is 42.3 Å². The lowest BCUT2D eigenvalue weighted by Crippen LogP contribution is -2.32. The number of hydrogen-bond acceptors (Lipinski definition) is 3. The molecule has 2 aliphatic heterocycles. The molecule has 20 heavy (non-hydrogen) atoms. The molecular weight excluding hydrogens is 272 g/mol. The van der Waals surface area contributed by atoms with Crippen LogP contribution in [0.5, 0.6) is 0 Å². The van der Waals surface area contributed by atoms with Crippen molar-refractivity contribution in [2.24, 2.45) is 0 Å². The molecule has 0 aliphatic carbocycles. The van der Waals surface area contributed by atoms with Crippen LogP contribution in [0.3, 0.4) is 0 Å². The van der Waals surface area contributed by atoms with Crippen LogP contribution >= 0.6 is 11.8 Å². The van der Waals surface area contributed by atoms with Crippen LogP contribution < -0.4 is 5.43 Å². The lowest BCUT2D eigenvalue weighted by Gasteiger charge is -2.15. The molecular formula is C15H14N2O2S. The summed E-state index contributed by atoms with van der Waals surface area (Å²) in [5.41, 5.74) is 2.40. The molecule has 0 radical (unpaired) electrons. The van der Waals surface area contributed by atoms with Crippen LogP contribution in [0.1, 0.15) is 15.9 Å². The number of nitrogens with zero attached hydrogens (tertiary/aromatic N) is 2. The zero-order valence-corrected chi connectivity index (χ0v) is 11.8. The van der Waals surface area contributed by atoms with Gasteiger partial charge in [-0.1, -0.05) is 12.1 Å². The number of amides is 1. The minimum Gasteiger partial charge on any atom is -0.346 e. The van der Waals surface area contributed by atoms with E-state index < -0.39 is 0 Å². The van der Waals surface area contributed by atoms with Gasteiger partial charge >= 0.3 is 0 Å². The van der Waals surface area contributed by atoms with Crippen molar-refractivity contribution in [2.75, 3.05) is 18.2 Å². The van der Waals surface area contributed by atoms with E-state index in [0.717, 1.165) is 30.8 Å². The Balaban J connectivity index is 1.92. The highest BCUT2D eigenvalue weighted by molar-refractivity contribution is 7.99. The molecule has 0 N–H and O–H groups in total. The van der Waals surface area contributed by atoms with Crippen molar-refractivity contribution >= 4 is 28.6 Å². The second-order valence-electron chi connectivity index (χ2n) is 5.23. The molecule has 1 aromatic heterocycles. The van der Waals surface area contributed by atoms with Crippen molar-refractivity contribution < 1.29 is 4.79 Å². The first-order chi connectivity index (χ1) is 9.75. The summed E-state index contributed by atoms with van der Waals surface area (Å²) < 4.78 is 2.06. The van der Waals surface area contributed by atoms with Gasteiger partial charge in [0.1, 0.15) is 5.56 Å². The smallest absolute Gasteiger partial charge is 0.260 e. The Morgan fingerprint density at radius 2 is 2.15 bits per heavy atom. The molecule has 1 aromatic carbocycles. The number of pyridine rings is 1. The molecule has 4 nitrogen and oxygen atoms in total. The first-order valence-electron chi connectivity index (χ1n) is 6.78. The molecule has 0 bridgehead atoms. The number of para-hydroxylation sites is 1. The minimum atomic E-state index is -0.123. The summed E-state index contributed by atoms with van der Waals surface area (Å²) in [6.07, 6.45) is 2.69. The van der Waals surface area contributed by atoms with E-state index in [9.17, 15) is 9.59 Å². The van der Waals surface area contributed by atoms with E-state index in [-0.39, 0.29) is 11.3 Å². The van der Waals surface area contributed by atoms with Gasteiger partial charge in [-0.3, -0.25) is 9.59 Å². The number of carbonyl (C=O) groups excluding carboxylic acids is 1. The molecule has 0 saturated carbocycles. The zero-order chi connectivity index (χ0) is 13.7. The quantitative estimate of drug-likeness (QED) is 0.801. The number of carbonyl (C=O) groups is 1. The molecule has 3 heterocycles. The summed E-state index contributed by atoms with van der Waals surface area (Å²) in [6, 6.07) is 5.80. The van der Waals surface area contributed by atoms with Gasteiger partial charge in [0.25, 0.3) is 5.91 Å². The molecule has 0 spiro atoms. The van der Waals surface area contributed by atoms with Gasteiger partial charge < -0.3 is 9.47 Å². The van der Waals surface area contributed by atoms with Gasteiger partial charge in [0.05, 0.1) is 11.4 Å². The highest BCUT2D eigenvalue weighted by Crippen LogP contribution is 2.24. The molecule has 102 valence electrons. The molecule has 2 aromatic rings. The van der Waals surface area contributed by atoms with Crippen molar-refractivity contribution in [3.8, 4) is 0 Å². The summed E-state index contributed by atoms with van der Waals surface area (Å²) in [5, 5.41) is 0.678. The SMILES string of the molecule is O=C(c1cn2c3c(cccc3c1=O)CC2)N1CCSC1. The Morgan fingerprint density at radius 1 is 1.25 bits per heavy atom. The zero-order valence-electron chi connectivity index (χ0n) is 11.0. The third-order valence-corrected chi connectivity index (χ3v) is 5.04. The van der Waals surface area contributed by atoms with Gasteiger partial charge in [-0.05, 0) is 18.1 Å². The molecule has 2 aliphatic rings.